The standard InChI is InChI=1S/C73H120N18O15/c1-10-44(8)61(90-60(95)37-77)72(105)88-57(36-47-38-79-49-25-15-14-24-48(47)49)69(102)82-51(27-17-20-30-75)65(98)89-58(40-92)71(104)86-55(34-43(6)7)68(101)87-56(35-46-22-12-11-13-23-46)70(103)91-62(45(9)93)73(106)83-52(28-18-21-31-76)64(97)84-54(33-42(4)5)67(100)85-53(32-41(2)3)66(99)81-50(26-16-19-29-74)63(96)80-39-59(78)94/h11-15,22-25,38,41-45,50-58,61-62,79,92-93H,10,16-21,26-37,39-40,74-77H2,1-9H3,(H2,78,94)(H,80,96)(H,81,99)(H,82,102)(H,83,106)(H,84,97)(H,85,100)(H,86,104)(H,87,101)(H,88,105)(H,89,98)(H,90,95)(H,91,103)/t44-,45+,50-,51-,52-,53-,54-,55-,56-,57-,58-,61-,62-/m0/s1. The molecule has 0 fully saturated rings. The van der Waals surface area contributed by atoms with Crippen LogP contribution in [0.4, 0.5) is 0 Å². The molecule has 2 aromatic carbocycles. The van der Waals surface area contributed by atoms with Gasteiger partial charge in [0, 0.05) is 29.9 Å². The van der Waals surface area contributed by atoms with Crippen molar-refractivity contribution in [2.45, 2.75) is 231 Å². The number of amides is 13. The van der Waals surface area contributed by atoms with E-state index in [4.69, 9.17) is 28.7 Å². The maximum Gasteiger partial charge on any atom is 0.245 e. The minimum Gasteiger partial charge on any atom is -0.394 e. The number of fused-ring (bicyclic) bond motifs is 1. The van der Waals surface area contributed by atoms with Crippen LogP contribution in [0.1, 0.15) is 157 Å². The molecule has 13 atom stereocenters. The fraction of sp³-hybridized carbons (Fsp3) is 0.630. The Labute approximate surface area is 621 Å². The zero-order chi connectivity index (χ0) is 79.2. The summed E-state index contributed by atoms with van der Waals surface area (Å²) in [5.74, 6) is -11.9. The predicted octanol–water partition coefficient (Wildman–Crippen LogP) is -2.21. The second-order valence-electron chi connectivity index (χ2n) is 28.3. The molecule has 33 heteroatoms. The second-order valence-corrected chi connectivity index (χ2v) is 28.3. The van der Waals surface area contributed by atoms with E-state index < -0.39 is 175 Å². The second kappa shape index (κ2) is 48.1. The van der Waals surface area contributed by atoms with Gasteiger partial charge in [-0.3, -0.25) is 62.3 Å². The number of aliphatic hydroxyl groups excluding tert-OH is 2. The SMILES string of the molecule is CC[C@H](C)[C@H](NC(=O)CN)C(=O)N[C@@H](Cc1c[nH]c2ccccc12)C(=O)N[C@@H](CCCCN)C(=O)N[C@@H](CO)C(=O)N[C@@H](CC(C)C)C(=O)N[C@@H](Cc1ccccc1)C(=O)N[C@H](C(=O)N[C@@H](CCCCN)C(=O)N[C@@H](CC(C)C)C(=O)N[C@@H](CC(C)C)C(=O)N[C@@H](CCCCN)C(=O)NCC(N)=O)[C@@H](C)O. The van der Waals surface area contributed by atoms with Gasteiger partial charge in [0.15, 0.2) is 0 Å². The molecule has 1 heterocycles. The molecular formula is C73H120N18O15. The minimum atomic E-state index is -1.79. The fourth-order valence-corrected chi connectivity index (χ4v) is 11.7. The van der Waals surface area contributed by atoms with Crippen LogP contribution in [0.2, 0.25) is 0 Å². The Kier molecular flexibility index (Phi) is 41.3. The smallest absolute Gasteiger partial charge is 0.245 e. The molecule has 0 aliphatic heterocycles. The highest BCUT2D eigenvalue weighted by molar-refractivity contribution is 6.00. The van der Waals surface area contributed by atoms with E-state index in [9.17, 15) is 72.5 Å². The highest BCUT2D eigenvalue weighted by atomic mass is 16.3. The highest BCUT2D eigenvalue weighted by Crippen LogP contribution is 2.21. The van der Waals surface area contributed by atoms with E-state index in [0.29, 0.717) is 56.2 Å². The van der Waals surface area contributed by atoms with Crippen molar-refractivity contribution in [2.75, 3.05) is 39.3 Å². The van der Waals surface area contributed by atoms with E-state index in [2.05, 4.69) is 68.8 Å². The van der Waals surface area contributed by atoms with E-state index in [1.165, 1.54) is 6.92 Å². The zero-order valence-electron chi connectivity index (χ0n) is 62.9. The van der Waals surface area contributed by atoms with E-state index >= 15 is 0 Å². The van der Waals surface area contributed by atoms with Crippen molar-refractivity contribution >= 4 is 87.7 Å². The van der Waals surface area contributed by atoms with Crippen LogP contribution in [0.25, 0.3) is 10.9 Å². The normalized spacial score (nSPS) is 15.1. The number of nitrogens with two attached hydrogens (primary N) is 5. The number of benzene rings is 2. The Bertz CT molecular complexity index is 3320. The molecule has 0 unspecified atom stereocenters. The molecule has 0 saturated heterocycles. The average Bonchev–Trinajstić information content (AvgIpc) is 1.57. The molecule has 0 spiro atoms. The Morgan fingerprint density at radius 3 is 1.25 bits per heavy atom. The topological polar surface area (TPSA) is 553 Å². The molecule has 3 aromatic rings. The number of para-hydroxylation sites is 1. The summed E-state index contributed by atoms with van der Waals surface area (Å²) in [4.78, 5) is 185. The first-order chi connectivity index (χ1) is 50.3. The van der Waals surface area contributed by atoms with Crippen LogP contribution in [-0.2, 0) is 75.2 Å². The van der Waals surface area contributed by atoms with Gasteiger partial charge < -0.3 is 108 Å². The minimum absolute atomic E-state index is 0.0222. The van der Waals surface area contributed by atoms with Crippen LogP contribution in [0.3, 0.4) is 0 Å². The molecule has 106 heavy (non-hydrogen) atoms. The van der Waals surface area contributed by atoms with E-state index in [-0.39, 0.29) is 88.6 Å². The van der Waals surface area contributed by atoms with Crippen molar-refractivity contribution in [1.29, 1.82) is 0 Å². The molecule has 1 aromatic heterocycles. The van der Waals surface area contributed by atoms with Crippen molar-refractivity contribution in [3.8, 4) is 0 Å². The highest BCUT2D eigenvalue weighted by Gasteiger charge is 2.39. The number of aliphatic hydroxyl groups is 2. The van der Waals surface area contributed by atoms with Gasteiger partial charge >= 0.3 is 0 Å². The molecule has 0 saturated carbocycles. The first-order valence-electron chi connectivity index (χ1n) is 36.9. The van der Waals surface area contributed by atoms with Crippen molar-refractivity contribution in [1.82, 2.24) is 68.8 Å². The number of primary amides is 1. The van der Waals surface area contributed by atoms with Gasteiger partial charge in [-0.1, -0.05) is 110 Å². The third kappa shape index (κ3) is 32.3. The summed E-state index contributed by atoms with van der Waals surface area (Å²) >= 11 is 0. The van der Waals surface area contributed by atoms with Crippen molar-refractivity contribution < 1.29 is 72.5 Å². The van der Waals surface area contributed by atoms with Crippen LogP contribution < -0.4 is 92.5 Å². The number of H-pyrrole nitrogens is 1. The van der Waals surface area contributed by atoms with Gasteiger partial charge in [-0.05, 0) is 144 Å². The predicted molar refractivity (Wildman–Crippen MR) is 400 cm³/mol. The lowest BCUT2D eigenvalue weighted by molar-refractivity contribution is -0.137. The van der Waals surface area contributed by atoms with Crippen molar-refractivity contribution in [2.24, 2.45) is 52.3 Å². The van der Waals surface area contributed by atoms with E-state index in [1.807, 2.05) is 39.0 Å². The maximum atomic E-state index is 14.7. The van der Waals surface area contributed by atoms with Gasteiger partial charge in [0.25, 0.3) is 0 Å². The molecule has 3 rings (SSSR count). The zero-order valence-corrected chi connectivity index (χ0v) is 62.9. The van der Waals surface area contributed by atoms with Gasteiger partial charge in [0.2, 0.25) is 76.8 Å². The monoisotopic (exact) mass is 1490 g/mol. The molecule has 13 amide bonds. The number of carbonyl (C=O) groups excluding carboxylic acids is 13. The lowest BCUT2D eigenvalue weighted by atomic mass is 9.97. The number of carbonyl (C=O) groups is 13. The van der Waals surface area contributed by atoms with Crippen LogP contribution in [0.5, 0.6) is 0 Å². The number of unbranched alkanes of at least 4 members (excludes halogenated alkanes) is 3. The summed E-state index contributed by atoms with van der Waals surface area (Å²) < 4.78 is 0. The summed E-state index contributed by atoms with van der Waals surface area (Å²) in [5, 5.41) is 54.4. The number of hydrogen-bond donors (Lipinski definition) is 20. The third-order valence-corrected chi connectivity index (χ3v) is 17.7. The molecular weight excluding hydrogens is 1370 g/mol. The Hall–Kier alpha value is -9.15. The molecule has 0 aliphatic rings. The van der Waals surface area contributed by atoms with Crippen LogP contribution in [-0.4, -0.2) is 204 Å². The maximum absolute atomic E-state index is 14.7. The Morgan fingerprint density at radius 1 is 0.425 bits per heavy atom. The molecule has 25 N–H and O–H groups in total. The Balaban J connectivity index is 1.95. The summed E-state index contributed by atoms with van der Waals surface area (Å²) in [6.07, 6.45) is 2.76. The van der Waals surface area contributed by atoms with Crippen molar-refractivity contribution in [3.05, 3.63) is 71.9 Å². The van der Waals surface area contributed by atoms with E-state index in [0.717, 1.165) is 10.9 Å². The molecule has 0 bridgehead atoms. The van der Waals surface area contributed by atoms with Gasteiger partial charge in [0.1, 0.15) is 66.5 Å². The third-order valence-electron chi connectivity index (χ3n) is 17.7. The quantitative estimate of drug-likeness (QED) is 0.0267. The summed E-state index contributed by atoms with van der Waals surface area (Å²) in [7, 11) is 0. The number of nitrogens with one attached hydrogen (secondary N) is 13. The van der Waals surface area contributed by atoms with Crippen LogP contribution in [0.15, 0.2) is 60.8 Å². The number of hydrogen-bond acceptors (Lipinski definition) is 19. The van der Waals surface area contributed by atoms with Gasteiger partial charge in [-0.15, -0.1) is 0 Å². The number of aromatic nitrogens is 1. The average molecular weight is 1490 g/mol. The van der Waals surface area contributed by atoms with E-state index in [1.54, 1.807) is 77.2 Å². The van der Waals surface area contributed by atoms with Gasteiger partial charge in [-0.25, -0.2) is 0 Å². The van der Waals surface area contributed by atoms with Crippen molar-refractivity contribution in [3.63, 3.8) is 0 Å². The molecule has 0 aliphatic carbocycles. The molecule has 0 radical (unpaired) electrons. The first-order valence-corrected chi connectivity index (χ1v) is 36.9. The fourth-order valence-electron chi connectivity index (χ4n) is 11.7. The number of aromatic amines is 1. The number of rotatable bonds is 51. The largest absolute Gasteiger partial charge is 0.394 e. The van der Waals surface area contributed by atoms with Crippen LogP contribution >= 0.6 is 0 Å². The summed E-state index contributed by atoms with van der Waals surface area (Å²) in [6, 6.07) is 0.340. The van der Waals surface area contributed by atoms with Gasteiger partial charge in [-0.2, -0.15) is 0 Å². The lowest BCUT2D eigenvalue weighted by Crippen LogP contribution is -2.62. The van der Waals surface area contributed by atoms with Crippen LogP contribution in [0, 0.1) is 23.7 Å². The Morgan fingerprint density at radius 2 is 0.802 bits per heavy atom. The summed E-state index contributed by atoms with van der Waals surface area (Å²) in [6.45, 7) is 14.4. The molecule has 33 nitrogen and oxygen atoms in total. The first kappa shape index (κ1) is 91.1. The lowest BCUT2D eigenvalue weighted by Gasteiger charge is -2.30. The summed E-state index contributed by atoms with van der Waals surface area (Å²) in [5.41, 5.74) is 30.1. The molecule has 592 valence electrons. The van der Waals surface area contributed by atoms with Gasteiger partial charge in [0.05, 0.1) is 25.8 Å².